The minimum Gasteiger partial charge on any atom is -0.309 e. The third-order valence-electron chi connectivity index (χ3n) is 4.70. The topological polar surface area (TPSA) is 33.1 Å². The summed E-state index contributed by atoms with van der Waals surface area (Å²) in [7, 11) is 6.45. The van der Waals surface area contributed by atoms with Crippen molar-refractivity contribution < 1.29 is 0 Å². The van der Waals surface area contributed by atoms with Gasteiger partial charge in [0.15, 0.2) is 0 Å². The van der Waals surface area contributed by atoms with Crippen molar-refractivity contribution >= 4 is 0 Å². The molecule has 0 spiro atoms. The molecule has 2 atom stereocenters. The van der Waals surface area contributed by atoms with Crippen molar-refractivity contribution in [1.82, 2.24) is 20.0 Å². The van der Waals surface area contributed by atoms with E-state index in [4.69, 9.17) is 0 Å². The molecule has 19 heavy (non-hydrogen) atoms. The lowest BCUT2D eigenvalue weighted by molar-refractivity contribution is 0.0748. The molecular formula is C15H28N4. The summed E-state index contributed by atoms with van der Waals surface area (Å²) in [6.07, 6.45) is 7.21. The SMILES string of the molecule is CC1CCCC(CNCc2ccnn2C)(N(C)C)C1. The summed E-state index contributed by atoms with van der Waals surface area (Å²) in [6.45, 7) is 4.36. The second-order valence-electron chi connectivity index (χ2n) is 6.37. The normalized spacial score (nSPS) is 27.9. The zero-order valence-electron chi connectivity index (χ0n) is 12.8. The fourth-order valence-corrected chi connectivity index (χ4v) is 3.36. The minimum atomic E-state index is 0.330. The van der Waals surface area contributed by atoms with E-state index >= 15 is 0 Å². The molecule has 1 fully saturated rings. The average molecular weight is 264 g/mol. The van der Waals surface area contributed by atoms with Crippen molar-refractivity contribution in [2.45, 2.75) is 44.7 Å². The van der Waals surface area contributed by atoms with Gasteiger partial charge in [-0.25, -0.2) is 0 Å². The molecule has 1 N–H and O–H groups in total. The van der Waals surface area contributed by atoms with Crippen molar-refractivity contribution in [1.29, 1.82) is 0 Å². The van der Waals surface area contributed by atoms with E-state index in [9.17, 15) is 0 Å². The van der Waals surface area contributed by atoms with E-state index in [2.05, 4.69) is 42.4 Å². The first kappa shape index (κ1) is 14.5. The standard InChI is InChI=1S/C15H28N4/c1-13-6-5-8-15(10-13,18(2)3)12-16-11-14-7-9-17-19(14)4/h7,9,13,16H,5-6,8,10-12H2,1-4H3. The lowest BCUT2D eigenvalue weighted by Gasteiger charge is -2.45. The molecule has 2 unspecified atom stereocenters. The summed E-state index contributed by atoms with van der Waals surface area (Å²) in [5, 5.41) is 7.85. The quantitative estimate of drug-likeness (QED) is 0.883. The number of hydrogen-bond donors (Lipinski definition) is 1. The molecule has 1 heterocycles. The molecule has 0 amide bonds. The number of aromatic nitrogens is 2. The van der Waals surface area contributed by atoms with E-state index < -0.39 is 0 Å². The molecule has 4 heteroatoms. The molecule has 0 radical (unpaired) electrons. The maximum atomic E-state index is 4.21. The van der Waals surface area contributed by atoms with Crippen molar-refractivity contribution in [3.63, 3.8) is 0 Å². The first-order valence-corrected chi connectivity index (χ1v) is 7.38. The van der Waals surface area contributed by atoms with E-state index in [1.165, 1.54) is 31.4 Å². The van der Waals surface area contributed by atoms with Crippen LogP contribution in [0.15, 0.2) is 12.3 Å². The van der Waals surface area contributed by atoms with Crippen LogP contribution < -0.4 is 5.32 Å². The molecule has 0 bridgehead atoms. The van der Waals surface area contributed by atoms with Crippen molar-refractivity contribution in [2.24, 2.45) is 13.0 Å². The van der Waals surface area contributed by atoms with Crippen molar-refractivity contribution in [2.75, 3.05) is 20.6 Å². The summed E-state index contributed by atoms with van der Waals surface area (Å²) < 4.78 is 1.94. The number of rotatable bonds is 5. The molecule has 0 aliphatic heterocycles. The van der Waals surface area contributed by atoms with Crippen LogP contribution in [0.2, 0.25) is 0 Å². The Balaban J connectivity index is 1.92. The number of aryl methyl sites for hydroxylation is 1. The van der Waals surface area contributed by atoms with E-state index in [0.29, 0.717) is 5.54 Å². The van der Waals surface area contributed by atoms with E-state index in [1.807, 2.05) is 17.9 Å². The predicted octanol–water partition coefficient (Wildman–Crippen LogP) is 2.02. The summed E-state index contributed by atoms with van der Waals surface area (Å²) in [6, 6.07) is 2.08. The van der Waals surface area contributed by atoms with Crippen LogP contribution in [0.1, 0.15) is 38.3 Å². The van der Waals surface area contributed by atoms with Gasteiger partial charge in [0.05, 0.1) is 5.69 Å². The monoisotopic (exact) mass is 264 g/mol. The Bertz CT molecular complexity index is 399. The van der Waals surface area contributed by atoms with Gasteiger partial charge in [0, 0.05) is 31.9 Å². The first-order valence-electron chi connectivity index (χ1n) is 7.38. The van der Waals surface area contributed by atoms with Gasteiger partial charge in [-0.3, -0.25) is 4.68 Å². The smallest absolute Gasteiger partial charge is 0.0518 e. The Morgan fingerprint density at radius 3 is 2.89 bits per heavy atom. The zero-order valence-corrected chi connectivity index (χ0v) is 12.8. The van der Waals surface area contributed by atoms with Crippen LogP contribution in [0.25, 0.3) is 0 Å². The van der Waals surface area contributed by atoms with Gasteiger partial charge in [-0.15, -0.1) is 0 Å². The van der Waals surface area contributed by atoms with E-state index in [1.54, 1.807) is 0 Å². The number of hydrogen-bond acceptors (Lipinski definition) is 3. The average Bonchev–Trinajstić information content (AvgIpc) is 2.75. The largest absolute Gasteiger partial charge is 0.309 e. The summed E-state index contributed by atoms with van der Waals surface area (Å²) >= 11 is 0. The third kappa shape index (κ3) is 3.37. The highest BCUT2D eigenvalue weighted by molar-refractivity contribution is 5.01. The molecule has 0 aromatic carbocycles. The van der Waals surface area contributed by atoms with Crippen LogP contribution in [0.3, 0.4) is 0 Å². The fourth-order valence-electron chi connectivity index (χ4n) is 3.36. The summed E-state index contributed by atoms with van der Waals surface area (Å²) in [5.41, 5.74) is 1.58. The molecule has 1 aromatic heterocycles. The minimum absolute atomic E-state index is 0.330. The van der Waals surface area contributed by atoms with E-state index in [-0.39, 0.29) is 0 Å². The van der Waals surface area contributed by atoms with Crippen LogP contribution in [-0.4, -0.2) is 40.9 Å². The lowest BCUT2D eigenvalue weighted by Crippen LogP contribution is -2.54. The van der Waals surface area contributed by atoms with Crippen LogP contribution in [0.4, 0.5) is 0 Å². The third-order valence-corrected chi connectivity index (χ3v) is 4.70. The highest BCUT2D eigenvalue weighted by Crippen LogP contribution is 2.35. The zero-order chi connectivity index (χ0) is 13.9. The highest BCUT2D eigenvalue weighted by Gasteiger charge is 2.36. The van der Waals surface area contributed by atoms with Gasteiger partial charge in [-0.05, 0) is 38.9 Å². The highest BCUT2D eigenvalue weighted by atomic mass is 15.3. The molecule has 0 saturated heterocycles. The van der Waals surface area contributed by atoms with Crippen LogP contribution in [-0.2, 0) is 13.6 Å². The Morgan fingerprint density at radius 1 is 1.53 bits per heavy atom. The van der Waals surface area contributed by atoms with Gasteiger partial charge in [-0.2, -0.15) is 5.10 Å². The Morgan fingerprint density at radius 2 is 2.32 bits per heavy atom. The number of nitrogens with one attached hydrogen (secondary N) is 1. The second-order valence-corrected chi connectivity index (χ2v) is 6.37. The van der Waals surface area contributed by atoms with Gasteiger partial charge >= 0.3 is 0 Å². The molecule has 108 valence electrons. The first-order chi connectivity index (χ1) is 9.03. The molecule has 1 aliphatic rings. The van der Waals surface area contributed by atoms with Crippen LogP contribution in [0, 0.1) is 5.92 Å². The molecular weight excluding hydrogens is 236 g/mol. The van der Waals surface area contributed by atoms with Gasteiger partial charge in [0.1, 0.15) is 0 Å². The summed E-state index contributed by atoms with van der Waals surface area (Å²) in [5.74, 6) is 0.842. The van der Waals surface area contributed by atoms with Gasteiger partial charge in [-0.1, -0.05) is 19.8 Å². The van der Waals surface area contributed by atoms with Crippen molar-refractivity contribution in [3.05, 3.63) is 18.0 Å². The molecule has 1 aliphatic carbocycles. The maximum Gasteiger partial charge on any atom is 0.0518 e. The maximum absolute atomic E-state index is 4.21. The summed E-state index contributed by atoms with van der Waals surface area (Å²) in [4.78, 5) is 2.43. The number of nitrogens with zero attached hydrogens (tertiary/aromatic N) is 3. The van der Waals surface area contributed by atoms with Gasteiger partial charge < -0.3 is 10.2 Å². The molecule has 2 rings (SSSR count). The fraction of sp³-hybridized carbons (Fsp3) is 0.800. The van der Waals surface area contributed by atoms with Crippen molar-refractivity contribution in [3.8, 4) is 0 Å². The Kier molecular flexibility index (Phi) is 4.63. The molecule has 1 aromatic rings. The van der Waals surface area contributed by atoms with Gasteiger partial charge in [0.25, 0.3) is 0 Å². The predicted molar refractivity (Wildman–Crippen MR) is 79.0 cm³/mol. The number of likely N-dealkylation sites (N-methyl/N-ethyl adjacent to an activating group) is 1. The second kappa shape index (κ2) is 6.06. The van der Waals surface area contributed by atoms with E-state index in [0.717, 1.165) is 19.0 Å². The molecule has 1 saturated carbocycles. The lowest BCUT2D eigenvalue weighted by atomic mass is 9.75. The van der Waals surface area contributed by atoms with Crippen LogP contribution in [0.5, 0.6) is 0 Å². The van der Waals surface area contributed by atoms with Crippen LogP contribution >= 0.6 is 0 Å². The Hall–Kier alpha value is -0.870. The Labute approximate surface area is 117 Å². The molecule has 4 nitrogen and oxygen atoms in total. The van der Waals surface area contributed by atoms with Gasteiger partial charge in [0.2, 0.25) is 0 Å².